The van der Waals surface area contributed by atoms with Crippen molar-refractivity contribution < 1.29 is 23.5 Å². The second-order valence-electron chi connectivity index (χ2n) is 6.49. The Morgan fingerprint density at radius 3 is 2.61 bits per heavy atom. The number of carbonyl (C=O) groups excluding carboxylic acids is 2. The summed E-state index contributed by atoms with van der Waals surface area (Å²) in [7, 11) is 1.48. The molecule has 28 heavy (non-hydrogen) atoms. The Balaban J connectivity index is 1.65. The number of thioether (sulfide) groups is 1. The highest BCUT2D eigenvalue weighted by atomic mass is 32.2. The van der Waals surface area contributed by atoms with Crippen molar-refractivity contribution in [3.63, 3.8) is 0 Å². The van der Waals surface area contributed by atoms with Gasteiger partial charge < -0.3 is 14.4 Å². The average molecular weight is 403 g/mol. The highest BCUT2D eigenvalue weighted by molar-refractivity contribution is 7.98. The van der Waals surface area contributed by atoms with Crippen molar-refractivity contribution >= 4 is 23.6 Å². The standard InChI is InChI=1S/C21H22FNO4S/c1-26-19-11-16(28-2)9-10-17(19)21(25)27-13-20(24)23(15-7-8-15)12-14-5-3-4-6-18(14)22/h3-6,9-11,15H,7-8,12-13H2,1-2H3. The molecule has 0 aromatic heterocycles. The lowest BCUT2D eigenvalue weighted by Crippen LogP contribution is -2.36. The van der Waals surface area contributed by atoms with E-state index >= 15 is 0 Å². The molecule has 1 saturated carbocycles. The molecular weight excluding hydrogens is 381 g/mol. The van der Waals surface area contributed by atoms with Crippen LogP contribution >= 0.6 is 11.8 Å². The van der Waals surface area contributed by atoms with Crippen LogP contribution in [0.3, 0.4) is 0 Å². The molecule has 1 amide bonds. The van der Waals surface area contributed by atoms with Gasteiger partial charge in [0.1, 0.15) is 17.1 Å². The molecule has 0 heterocycles. The molecule has 0 bridgehead atoms. The van der Waals surface area contributed by atoms with Crippen LogP contribution in [-0.4, -0.2) is 42.8 Å². The van der Waals surface area contributed by atoms with Crippen molar-refractivity contribution in [1.82, 2.24) is 4.90 Å². The summed E-state index contributed by atoms with van der Waals surface area (Å²) < 4.78 is 24.4. The van der Waals surface area contributed by atoms with Crippen molar-refractivity contribution in [2.75, 3.05) is 20.0 Å². The summed E-state index contributed by atoms with van der Waals surface area (Å²) in [6, 6.07) is 11.6. The predicted octanol–water partition coefficient (Wildman–Crippen LogP) is 3.90. The van der Waals surface area contributed by atoms with E-state index in [1.54, 1.807) is 41.3 Å². The number of carbonyl (C=O) groups is 2. The molecule has 1 fully saturated rings. The molecular formula is C21H22FNO4S. The monoisotopic (exact) mass is 403 g/mol. The lowest BCUT2D eigenvalue weighted by molar-refractivity contribution is -0.135. The Labute approximate surface area is 167 Å². The first-order valence-electron chi connectivity index (χ1n) is 8.95. The van der Waals surface area contributed by atoms with E-state index in [1.165, 1.54) is 24.9 Å². The second-order valence-corrected chi connectivity index (χ2v) is 7.37. The van der Waals surface area contributed by atoms with Crippen molar-refractivity contribution in [3.8, 4) is 5.75 Å². The molecule has 1 aliphatic carbocycles. The van der Waals surface area contributed by atoms with Gasteiger partial charge in [-0.1, -0.05) is 18.2 Å². The van der Waals surface area contributed by atoms with Crippen molar-refractivity contribution in [3.05, 3.63) is 59.4 Å². The maximum Gasteiger partial charge on any atom is 0.342 e. The summed E-state index contributed by atoms with van der Waals surface area (Å²) in [5.74, 6) is -0.912. The Morgan fingerprint density at radius 1 is 1.21 bits per heavy atom. The summed E-state index contributed by atoms with van der Waals surface area (Å²) >= 11 is 1.53. The fourth-order valence-corrected chi connectivity index (χ4v) is 3.30. The van der Waals surface area contributed by atoms with Gasteiger partial charge in [0.2, 0.25) is 0 Å². The zero-order chi connectivity index (χ0) is 20.1. The van der Waals surface area contributed by atoms with Gasteiger partial charge in [-0.05, 0) is 43.4 Å². The number of ether oxygens (including phenoxy) is 2. The molecule has 0 aliphatic heterocycles. The van der Waals surface area contributed by atoms with Crippen LogP contribution in [0.5, 0.6) is 5.75 Å². The maximum absolute atomic E-state index is 13.9. The van der Waals surface area contributed by atoms with Crippen LogP contribution in [0.4, 0.5) is 4.39 Å². The average Bonchev–Trinajstić information content (AvgIpc) is 3.55. The van der Waals surface area contributed by atoms with E-state index in [-0.39, 0.29) is 29.9 Å². The fraction of sp³-hybridized carbons (Fsp3) is 0.333. The van der Waals surface area contributed by atoms with Crippen LogP contribution in [-0.2, 0) is 16.1 Å². The summed E-state index contributed by atoms with van der Waals surface area (Å²) in [6.45, 7) is -0.226. The second kappa shape index (κ2) is 9.10. The van der Waals surface area contributed by atoms with Gasteiger partial charge in [0, 0.05) is 23.0 Å². The number of halogens is 1. The lowest BCUT2D eigenvalue weighted by Gasteiger charge is -2.22. The highest BCUT2D eigenvalue weighted by Crippen LogP contribution is 2.29. The number of esters is 1. The molecule has 0 radical (unpaired) electrons. The molecule has 0 N–H and O–H groups in total. The number of hydrogen-bond acceptors (Lipinski definition) is 5. The zero-order valence-electron chi connectivity index (χ0n) is 15.8. The number of benzene rings is 2. The zero-order valence-corrected chi connectivity index (χ0v) is 16.6. The minimum Gasteiger partial charge on any atom is -0.496 e. The lowest BCUT2D eigenvalue weighted by atomic mass is 10.2. The van der Waals surface area contributed by atoms with Gasteiger partial charge in [0.25, 0.3) is 5.91 Å². The SMILES string of the molecule is COc1cc(SC)ccc1C(=O)OCC(=O)N(Cc1ccccc1F)C1CC1. The number of methoxy groups -OCH3 is 1. The number of rotatable bonds is 8. The van der Waals surface area contributed by atoms with Crippen molar-refractivity contribution in [2.24, 2.45) is 0 Å². The first-order chi connectivity index (χ1) is 13.5. The Hall–Kier alpha value is -2.54. The van der Waals surface area contributed by atoms with Gasteiger partial charge in [-0.15, -0.1) is 11.8 Å². The molecule has 0 saturated heterocycles. The van der Waals surface area contributed by atoms with Crippen LogP contribution in [0, 0.1) is 5.82 Å². The Kier molecular flexibility index (Phi) is 6.57. The summed E-state index contributed by atoms with van der Waals surface area (Å²) in [5.41, 5.74) is 0.712. The summed E-state index contributed by atoms with van der Waals surface area (Å²) in [5, 5.41) is 0. The number of nitrogens with zero attached hydrogens (tertiary/aromatic N) is 1. The van der Waals surface area contributed by atoms with Crippen molar-refractivity contribution in [1.29, 1.82) is 0 Å². The first-order valence-corrected chi connectivity index (χ1v) is 10.2. The molecule has 7 heteroatoms. The van der Waals surface area contributed by atoms with Gasteiger partial charge in [-0.2, -0.15) is 0 Å². The molecule has 2 aromatic rings. The summed E-state index contributed by atoms with van der Waals surface area (Å²) in [4.78, 5) is 27.6. The van der Waals surface area contributed by atoms with Crippen molar-refractivity contribution in [2.45, 2.75) is 30.3 Å². The topological polar surface area (TPSA) is 55.8 Å². The highest BCUT2D eigenvalue weighted by Gasteiger charge is 2.33. The minimum absolute atomic E-state index is 0.0706. The Morgan fingerprint density at radius 2 is 1.96 bits per heavy atom. The van der Waals surface area contributed by atoms with E-state index in [2.05, 4.69) is 0 Å². The van der Waals surface area contributed by atoms with Crippen LogP contribution in [0.2, 0.25) is 0 Å². The van der Waals surface area contributed by atoms with Gasteiger partial charge in [0.05, 0.1) is 7.11 Å². The quantitative estimate of drug-likeness (QED) is 0.494. The fourth-order valence-electron chi connectivity index (χ4n) is 2.87. The van der Waals surface area contributed by atoms with Gasteiger partial charge in [0.15, 0.2) is 6.61 Å². The molecule has 0 unspecified atom stereocenters. The van der Waals surface area contributed by atoms with E-state index in [9.17, 15) is 14.0 Å². The third-order valence-electron chi connectivity index (χ3n) is 4.56. The van der Waals surface area contributed by atoms with Crippen LogP contribution in [0.15, 0.2) is 47.4 Å². The van der Waals surface area contributed by atoms with E-state index in [0.29, 0.717) is 11.3 Å². The molecule has 0 atom stereocenters. The molecule has 0 spiro atoms. The first kappa shape index (κ1) is 20.2. The molecule has 148 valence electrons. The van der Waals surface area contributed by atoms with Crippen LogP contribution < -0.4 is 4.74 Å². The van der Waals surface area contributed by atoms with Gasteiger partial charge >= 0.3 is 5.97 Å². The normalized spacial score (nSPS) is 13.1. The molecule has 5 nitrogen and oxygen atoms in total. The van der Waals surface area contributed by atoms with Gasteiger partial charge in [-0.25, -0.2) is 9.18 Å². The predicted molar refractivity (Wildman–Crippen MR) is 105 cm³/mol. The number of hydrogen-bond donors (Lipinski definition) is 0. The van der Waals surface area contributed by atoms with Crippen LogP contribution in [0.25, 0.3) is 0 Å². The van der Waals surface area contributed by atoms with E-state index in [4.69, 9.17) is 9.47 Å². The van der Waals surface area contributed by atoms with Gasteiger partial charge in [-0.3, -0.25) is 4.79 Å². The number of amides is 1. The third-order valence-corrected chi connectivity index (χ3v) is 5.29. The Bertz CT molecular complexity index is 869. The largest absolute Gasteiger partial charge is 0.496 e. The molecule has 1 aliphatic rings. The van der Waals surface area contributed by atoms with E-state index in [0.717, 1.165) is 17.7 Å². The third kappa shape index (κ3) is 4.84. The van der Waals surface area contributed by atoms with E-state index < -0.39 is 12.6 Å². The van der Waals surface area contributed by atoms with E-state index in [1.807, 2.05) is 6.26 Å². The minimum atomic E-state index is -0.625. The molecule has 2 aromatic carbocycles. The maximum atomic E-state index is 13.9. The molecule has 3 rings (SSSR count). The van der Waals surface area contributed by atoms with Crippen LogP contribution in [0.1, 0.15) is 28.8 Å². The summed E-state index contributed by atoms with van der Waals surface area (Å²) in [6.07, 6.45) is 3.67. The smallest absolute Gasteiger partial charge is 0.342 e.